The van der Waals surface area contributed by atoms with Crippen LogP contribution < -0.4 is 9.47 Å². The van der Waals surface area contributed by atoms with Gasteiger partial charge in [-0.15, -0.1) is 0 Å². The molecule has 1 spiro atoms. The van der Waals surface area contributed by atoms with Gasteiger partial charge in [0.2, 0.25) is 0 Å². The number of rotatable bonds is 2. The Bertz CT molecular complexity index is 730. The van der Waals surface area contributed by atoms with E-state index in [-0.39, 0.29) is 18.5 Å². The Hall–Kier alpha value is -1.95. The zero-order valence-electron chi connectivity index (χ0n) is 14.2. The number of hydrogen-bond acceptors (Lipinski definition) is 4. The highest BCUT2D eigenvalue weighted by Crippen LogP contribution is 2.42. The third-order valence-electron chi connectivity index (χ3n) is 5.48. The molecule has 25 heavy (non-hydrogen) atoms. The fourth-order valence-electron chi connectivity index (χ4n) is 4.11. The summed E-state index contributed by atoms with van der Waals surface area (Å²) < 4.78 is 11.1. The number of fused-ring (bicyclic) bond motifs is 1. The van der Waals surface area contributed by atoms with E-state index in [1.807, 2.05) is 0 Å². The molecule has 0 bridgehead atoms. The molecule has 2 fully saturated rings. The molecule has 7 heteroatoms. The van der Waals surface area contributed by atoms with Gasteiger partial charge in [-0.05, 0) is 30.5 Å². The van der Waals surface area contributed by atoms with Crippen LogP contribution in [0.1, 0.15) is 37.7 Å². The normalized spacial score (nSPS) is 22.0. The monoisotopic (exact) mass is 364 g/mol. The Kier molecular flexibility index (Phi) is 4.02. The number of imide groups is 1. The molecule has 134 valence electrons. The first-order valence-corrected chi connectivity index (χ1v) is 9.08. The first-order chi connectivity index (χ1) is 12.0. The highest BCUT2D eigenvalue weighted by molar-refractivity contribution is 6.32. The molecule has 0 radical (unpaired) electrons. The summed E-state index contributed by atoms with van der Waals surface area (Å²) in [5, 5.41) is 0.437. The number of likely N-dealkylation sites (N-methyl/N-ethyl adjacent to an activating group) is 1. The molecule has 1 aliphatic carbocycles. The summed E-state index contributed by atoms with van der Waals surface area (Å²) >= 11 is 6.27. The molecule has 0 atom stereocenters. The summed E-state index contributed by atoms with van der Waals surface area (Å²) in [7, 11) is 1.74. The molecular formula is C18H21ClN2O4. The zero-order valence-corrected chi connectivity index (χ0v) is 15.0. The summed E-state index contributed by atoms with van der Waals surface area (Å²) in [5.41, 5.74) is 0.102. The van der Waals surface area contributed by atoms with E-state index in [1.165, 1.54) is 4.90 Å². The molecule has 1 saturated carbocycles. The summed E-state index contributed by atoms with van der Waals surface area (Å²) in [6, 6.07) is 3.30. The lowest BCUT2D eigenvalue weighted by atomic mass is 9.81. The van der Waals surface area contributed by atoms with Gasteiger partial charge in [0.1, 0.15) is 18.8 Å². The average Bonchev–Trinajstić information content (AvgIpc) is 2.79. The number of benzene rings is 1. The summed E-state index contributed by atoms with van der Waals surface area (Å²) in [6.07, 6.45) is 4.56. The van der Waals surface area contributed by atoms with Crippen molar-refractivity contribution < 1.29 is 19.1 Å². The maximum atomic E-state index is 13.1. The summed E-state index contributed by atoms with van der Waals surface area (Å²) in [6.45, 7) is 1.11. The molecule has 1 aromatic rings. The second-order valence-corrected chi connectivity index (χ2v) is 7.33. The Morgan fingerprint density at radius 2 is 1.84 bits per heavy atom. The van der Waals surface area contributed by atoms with Gasteiger partial charge < -0.3 is 14.4 Å². The molecule has 0 unspecified atom stereocenters. The topological polar surface area (TPSA) is 59.1 Å². The van der Waals surface area contributed by atoms with E-state index >= 15 is 0 Å². The number of amides is 3. The Morgan fingerprint density at radius 1 is 1.12 bits per heavy atom. The third kappa shape index (κ3) is 2.54. The number of carbonyl (C=O) groups is 2. The zero-order chi connectivity index (χ0) is 17.6. The number of nitrogens with zero attached hydrogens (tertiary/aromatic N) is 2. The predicted octanol–water partition coefficient (Wildman–Crippen LogP) is 3.21. The molecule has 1 aromatic carbocycles. The number of carbonyl (C=O) groups excluding carboxylic acids is 2. The molecule has 2 aliphatic heterocycles. The second kappa shape index (κ2) is 6.09. The minimum atomic E-state index is -0.660. The fraction of sp³-hybridized carbons (Fsp3) is 0.556. The van der Waals surface area contributed by atoms with Gasteiger partial charge in [0.05, 0.1) is 11.6 Å². The highest BCUT2D eigenvalue weighted by atomic mass is 35.5. The van der Waals surface area contributed by atoms with E-state index in [9.17, 15) is 9.59 Å². The lowest BCUT2D eigenvalue weighted by molar-refractivity contribution is -0.134. The third-order valence-corrected chi connectivity index (χ3v) is 5.76. The van der Waals surface area contributed by atoms with Gasteiger partial charge in [-0.3, -0.25) is 9.69 Å². The summed E-state index contributed by atoms with van der Waals surface area (Å²) in [5.74, 6) is 0.996. The van der Waals surface area contributed by atoms with Gasteiger partial charge in [-0.2, -0.15) is 0 Å². The van der Waals surface area contributed by atoms with Gasteiger partial charge in [-0.25, -0.2) is 4.79 Å². The fourth-order valence-corrected chi connectivity index (χ4v) is 4.40. The molecule has 6 nitrogen and oxygen atoms in total. The van der Waals surface area contributed by atoms with Crippen LogP contribution >= 0.6 is 11.6 Å². The summed E-state index contributed by atoms with van der Waals surface area (Å²) in [4.78, 5) is 28.7. The SMILES string of the molecule is CN1C(=O)N(Cc2cc(Cl)c3c(c2)OCCO3)C(=O)C12CCCCC2. The molecule has 2 heterocycles. The molecule has 4 rings (SSSR count). The van der Waals surface area contributed by atoms with Crippen molar-refractivity contribution in [2.75, 3.05) is 20.3 Å². The van der Waals surface area contributed by atoms with Crippen LogP contribution in [0, 0.1) is 0 Å². The lowest BCUT2D eigenvalue weighted by Crippen LogP contribution is -2.49. The molecule has 0 N–H and O–H groups in total. The van der Waals surface area contributed by atoms with E-state index in [0.29, 0.717) is 29.7 Å². The number of ether oxygens (including phenoxy) is 2. The van der Waals surface area contributed by atoms with E-state index in [1.54, 1.807) is 24.1 Å². The quantitative estimate of drug-likeness (QED) is 0.756. The van der Waals surface area contributed by atoms with Crippen molar-refractivity contribution in [3.05, 3.63) is 22.7 Å². The van der Waals surface area contributed by atoms with Crippen molar-refractivity contribution in [3.63, 3.8) is 0 Å². The maximum absolute atomic E-state index is 13.1. The minimum absolute atomic E-state index is 0.0919. The van der Waals surface area contributed by atoms with Gasteiger partial charge >= 0.3 is 6.03 Å². The highest BCUT2D eigenvalue weighted by Gasteiger charge is 2.55. The molecule has 1 saturated heterocycles. The molecule has 3 aliphatic rings. The predicted molar refractivity (Wildman–Crippen MR) is 92.0 cm³/mol. The van der Waals surface area contributed by atoms with E-state index in [0.717, 1.165) is 37.7 Å². The van der Waals surface area contributed by atoms with Crippen LogP contribution in [0.5, 0.6) is 11.5 Å². The van der Waals surface area contributed by atoms with E-state index < -0.39 is 5.54 Å². The number of halogens is 1. The molecule has 0 aromatic heterocycles. The van der Waals surface area contributed by atoms with Gasteiger partial charge in [-0.1, -0.05) is 30.9 Å². The van der Waals surface area contributed by atoms with Crippen molar-refractivity contribution in [1.29, 1.82) is 0 Å². The number of urea groups is 1. The first-order valence-electron chi connectivity index (χ1n) is 8.71. The minimum Gasteiger partial charge on any atom is -0.486 e. The number of hydrogen-bond donors (Lipinski definition) is 0. The van der Waals surface area contributed by atoms with Crippen molar-refractivity contribution in [3.8, 4) is 11.5 Å². The van der Waals surface area contributed by atoms with Crippen LogP contribution in [0.4, 0.5) is 4.79 Å². The van der Waals surface area contributed by atoms with Gasteiger partial charge in [0.15, 0.2) is 11.5 Å². The van der Waals surface area contributed by atoms with E-state index in [4.69, 9.17) is 21.1 Å². The maximum Gasteiger partial charge on any atom is 0.327 e. The lowest BCUT2D eigenvalue weighted by Gasteiger charge is -2.35. The van der Waals surface area contributed by atoms with Gasteiger partial charge in [0.25, 0.3) is 5.91 Å². The van der Waals surface area contributed by atoms with Crippen molar-refractivity contribution in [2.45, 2.75) is 44.2 Å². The van der Waals surface area contributed by atoms with Crippen LogP contribution in [0.15, 0.2) is 12.1 Å². The van der Waals surface area contributed by atoms with Crippen molar-refractivity contribution in [1.82, 2.24) is 9.80 Å². The second-order valence-electron chi connectivity index (χ2n) is 6.93. The van der Waals surface area contributed by atoms with Crippen LogP contribution in [-0.4, -0.2) is 47.5 Å². The largest absolute Gasteiger partial charge is 0.486 e. The van der Waals surface area contributed by atoms with Crippen molar-refractivity contribution >= 4 is 23.5 Å². The first kappa shape index (κ1) is 16.5. The van der Waals surface area contributed by atoms with Gasteiger partial charge in [0, 0.05) is 7.05 Å². The van der Waals surface area contributed by atoms with Crippen LogP contribution in [0.25, 0.3) is 0 Å². The van der Waals surface area contributed by atoms with E-state index in [2.05, 4.69) is 0 Å². The Labute approximate surface area is 151 Å². The van der Waals surface area contributed by atoms with Crippen LogP contribution in [0.2, 0.25) is 5.02 Å². The smallest absolute Gasteiger partial charge is 0.327 e. The van der Waals surface area contributed by atoms with Crippen LogP contribution in [0.3, 0.4) is 0 Å². The molecular weight excluding hydrogens is 344 g/mol. The molecule has 3 amide bonds. The standard InChI is InChI=1S/C18H21ClN2O4/c1-20-17(23)21(16(22)18(20)5-3-2-4-6-18)11-12-9-13(19)15-14(10-12)24-7-8-25-15/h9-10H,2-8,11H2,1H3. The average molecular weight is 365 g/mol. The van der Waals surface area contributed by atoms with Crippen molar-refractivity contribution in [2.24, 2.45) is 0 Å². The van der Waals surface area contributed by atoms with Crippen LogP contribution in [-0.2, 0) is 11.3 Å². The Morgan fingerprint density at radius 3 is 2.60 bits per heavy atom. The Balaban J connectivity index is 1.61.